The van der Waals surface area contributed by atoms with Crippen molar-refractivity contribution in [3.63, 3.8) is 0 Å². The molecule has 0 bridgehead atoms. The van der Waals surface area contributed by atoms with Crippen molar-refractivity contribution in [2.24, 2.45) is 5.92 Å². The van der Waals surface area contributed by atoms with Gasteiger partial charge in [0.05, 0.1) is 6.42 Å². The van der Waals surface area contributed by atoms with Gasteiger partial charge in [-0.3, -0.25) is 4.79 Å². The van der Waals surface area contributed by atoms with Gasteiger partial charge >= 0.3 is 12.0 Å². The number of carbonyl (C=O) groups excluding carboxylic acids is 1. The largest absolute Gasteiger partial charge is 0.481 e. The van der Waals surface area contributed by atoms with Crippen LogP contribution in [0.25, 0.3) is 0 Å². The summed E-state index contributed by atoms with van der Waals surface area (Å²) in [7, 11) is 1.87. The Hall–Kier alpha value is -1.26. The minimum absolute atomic E-state index is 0.0216. The molecule has 0 spiro atoms. The van der Waals surface area contributed by atoms with Crippen LogP contribution in [-0.2, 0) is 4.79 Å². The molecule has 1 atom stereocenters. The first-order valence-corrected chi connectivity index (χ1v) is 7.74. The molecule has 1 N–H and O–H groups in total. The molecule has 114 valence electrons. The van der Waals surface area contributed by atoms with Crippen molar-refractivity contribution in [2.45, 2.75) is 64.0 Å². The average molecular weight is 282 g/mol. The zero-order chi connectivity index (χ0) is 14.7. The summed E-state index contributed by atoms with van der Waals surface area (Å²) in [5.74, 6) is -0.0508. The second-order valence-corrected chi connectivity index (χ2v) is 6.39. The van der Waals surface area contributed by atoms with Crippen LogP contribution >= 0.6 is 0 Å². The molecule has 0 aromatic heterocycles. The van der Waals surface area contributed by atoms with E-state index in [1.54, 1.807) is 4.90 Å². The molecule has 2 rings (SSSR count). The van der Waals surface area contributed by atoms with E-state index in [9.17, 15) is 9.59 Å². The standard InChI is InChI=1S/C15H26N2O3/c1-11-5-7-12(8-6-11)16(2)15(20)17-9-3-4-13(17)10-14(18)19/h11-13H,3-10H2,1-2H3,(H,18,19). The van der Waals surface area contributed by atoms with E-state index >= 15 is 0 Å². The molecule has 20 heavy (non-hydrogen) atoms. The zero-order valence-electron chi connectivity index (χ0n) is 12.5. The van der Waals surface area contributed by atoms with Crippen molar-refractivity contribution in [1.82, 2.24) is 9.80 Å². The van der Waals surface area contributed by atoms with Gasteiger partial charge in [0, 0.05) is 25.7 Å². The van der Waals surface area contributed by atoms with E-state index in [0.717, 1.165) is 31.6 Å². The smallest absolute Gasteiger partial charge is 0.320 e. The van der Waals surface area contributed by atoms with Crippen molar-refractivity contribution in [3.05, 3.63) is 0 Å². The van der Waals surface area contributed by atoms with E-state index in [1.807, 2.05) is 11.9 Å². The Bertz CT molecular complexity index is 364. The van der Waals surface area contributed by atoms with Crippen molar-refractivity contribution in [3.8, 4) is 0 Å². The number of hydrogen-bond acceptors (Lipinski definition) is 2. The van der Waals surface area contributed by atoms with E-state index in [0.29, 0.717) is 12.6 Å². The maximum Gasteiger partial charge on any atom is 0.320 e. The number of carboxylic acid groups (broad SMARTS) is 1. The fourth-order valence-electron chi connectivity index (χ4n) is 3.49. The van der Waals surface area contributed by atoms with Gasteiger partial charge in [0.25, 0.3) is 0 Å². The van der Waals surface area contributed by atoms with Crippen molar-refractivity contribution < 1.29 is 14.7 Å². The fraction of sp³-hybridized carbons (Fsp3) is 0.867. The SMILES string of the molecule is CC1CCC(N(C)C(=O)N2CCCC2CC(=O)O)CC1. The molecule has 1 saturated carbocycles. The summed E-state index contributed by atoms with van der Waals surface area (Å²) in [6, 6.07) is 0.225. The third kappa shape index (κ3) is 3.44. The van der Waals surface area contributed by atoms with Gasteiger partial charge in [0.2, 0.25) is 0 Å². The van der Waals surface area contributed by atoms with E-state index in [2.05, 4.69) is 6.92 Å². The Morgan fingerprint density at radius 1 is 1.20 bits per heavy atom. The highest BCUT2D eigenvalue weighted by Crippen LogP contribution is 2.28. The molecule has 5 heteroatoms. The normalized spacial score (nSPS) is 30.3. The minimum Gasteiger partial charge on any atom is -0.481 e. The Labute approximate surface area is 120 Å². The summed E-state index contributed by atoms with van der Waals surface area (Å²) >= 11 is 0. The minimum atomic E-state index is -0.816. The molecule has 1 saturated heterocycles. The summed E-state index contributed by atoms with van der Waals surface area (Å²) in [5, 5.41) is 8.94. The molecule has 0 aromatic carbocycles. The van der Waals surface area contributed by atoms with Gasteiger partial charge in [0.15, 0.2) is 0 Å². The van der Waals surface area contributed by atoms with Crippen molar-refractivity contribution in [1.29, 1.82) is 0 Å². The highest BCUT2D eigenvalue weighted by molar-refractivity contribution is 5.76. The predicted octanol–water partition coefficient (Wildman–Crippen LogP) is 2.56. The predicted molar refractivity (Wildman–Crippen MR) is 76.6 cm³/mol. The highest BCUT2D eigenvalue weighted by atomic mass is 16.4. The van der Waals surface area contributed by atoms with E-state index in [1.165, 1.54) is 12.8 Å². The molecule has 0 aromatic rings. The first-order chi connectivity index (χ1) is 9.49. The summed E-state index contributed by atoms with van der Waals surface area (Å²) in [5.41, 5.74) is 0. The Morgan fingerprint density at radius 3 is 2.45 bits per heavy atom. The average Bonchev–Trinajstić information content (AvgIpc) is 2.85. The zero-order valence-corrected chi connectivity index (χ0v) is 12.5. The van der Waals surface area contributed by atoms with Crippen LogP contribution in [0.2, 0.25) is 0 Å². The molecule has 0 radical (unpaired) electrons. The number of carboxylic acids is 1. The third-order valence-electron chi connectivity index (χ3n) is 4.87. The van der Waals surface area contributed by atoms with Crippen LogP contribution in [0.5, 0.6) is 0 Å². The van der Waals surface area contributed by atoms with Crippen molar-refractivity contribution in [2.75, 3.05) is 13.6 Å². The van der Waals surface area contributed by atoms with Crippen LogP contribution in [-0.4, -0.2) is 52.6 Å². The van der Waals surface area contributed by atoms with Gasteiger partial charge < -0.3 is 14.9 Å². The number of amides is 2. The molecule has 1 aliphatic heterocycles. The van der Waals surface area contributed by atoms with E-state index in [-0.39, 0.29) is 18.5 Å². The number of urea groups is 1. The molecule has 2 aliphatic rings. The molecule has 2 fully saturated rings. The molecule has 5 nitrogen and oxygen atoms in total. The molecular weight excluding hydrogens is 256 g/mol. The molecule has 1 aliphatic carbocycles. The van der Waals surface area contributed by atoms with Gasteiger partial charge in [-0.15, -0.1) is 0 Å². The molecule has 1 heterocycles. The number of aliphatic carboxylic acids is 1. The second kappa shape index (κ2) is 6.46. The van der Waals surface area contributed by atoms with Gasteiger partial charge in [-0.25, -0.2) is 4.79 Å². The number of rotatable bonds is 3. The number of hydrogen-bond donors (Lipinski definition) is 1. The van der Waals surface area contributed by atoms with Gasteiger partial charge in [-0.1, -0.05) is 6.92 Å². The van der Waals surface area contributed by atoms with Crippen LogP contribution in [0, 0.1) is 5.92 Å². The number of nitrogens with zero attached hydrogens (tertiary/aromatic N) is 2. The Morgan fingerprint density at radius 2 is 1.85 bits per heavy atom. The molecule has 1 unspecified atom stereocenters. The van der Waals surface area contributed by atoms with Gasteiger partial charge in [0.1, 0.15) is 0 Å². The third-order valence-corrected chi connectivity index (χ3v) is 4.87. The van der Waals surface area contributed by atoms with Crippen LogP contribution in [0.4, 0.5) is 4.79 Å². The fourth-order valence-corrected chi connectivity index (χ4v) is 3.49. The maximum atomic E-state index is 12.6. The lowest BCUT2D eigenvalue weighted by Crippen LogP contribution is -2.49. The molecule has 2 amide bonds. The first-order valence-electron chi connectivity index (χ1n) is 7.74. The Balaban J connectivity index is 1.93. The topological polar surface area (TPSA) is 60.9 Å². The van der Waals surface area contributed by atoms with Crippen LogP contribution in [0.3, 0.4) is 0 Å². The lowest BCUT2D eigenvalue weighted by atomic mass is 9.87. The lowest BCUT2D eigenvalue weighted by molar-refractivity contribution is -0.138. The van der Waals surface area contributed by atoms with Crippen LogP contribution < -0.4 is 0 Å². The van der Waals surface area contributed by atoms with Crippen LogP contribution in [0.15, 0.2) is 0 Å². The maximum absolute atomic E-state index is 12.6. The van der Waals surface area contributed by atoms with E-state index in [4.69, 9.17) is 5.11 Å². The van der Waals surface area contributed by atoms with E-state index < -0.39 is 5.97 Å². The number of carbonyl (C=O) groups is 2. The Kier molecular flexibility index (Phi) is 4.89. The summed E-state index contributed by atoms with van der Waals surface area (Å²) in [6.07, 6.45) is 6.30. The quantitative estimate of drug-likeness (QED) is 0.865. The molecular formula is C15H26N2O3. The summed E-state index contributed by atoms with van der Waals surface area (Å²) < 4.78 is 0. The summed E-state index contributed by atoms with van der Waals surface area (Å²) in [6.45, 7) is 2.96. The lowest BCUT2D eigenvalue weighted by Gasteiger charge is -2.37. The highest BCUT2D eigenvalue weighted by Gasteiger charge is 2.34. The second-order valence-electron chi connectivity index (χ2n) is 6.39. The number of likely N-dealkylation sites (tertiary alicyclic amines) is 1. The van der Waals surface area contributed by atoms with Gasteiger partial charge in [-0.05, 0) is 44.4 Å². The monoisotopic (exact) mass is 282 g/mol. The van der Waals surface area contributed by atoms with Crippen LogP contribution in [0.1, 0.15) is 51.9 Å². The first kappa shape index (κ1) is 15.1. The van der Waals surface area contributed by atoms with Crippen molar-refractivity contribution >= 4 is 12.0 Å². The van der Waals surface area contributed by atoms with Gasteiger partial charge in [-0.2, -0.15) is 0 Å². The summed E-state index contributed by atoms with van der Waals surface area (Å²) in [4.78, 5) is 27.1.